The zero-order chi connectivity index (χ0) is 13.9. The van der Waals surface area contributed by atoms with E-state index in [0.717, 1.165) is 6.54 Å². The molecule has 5 heteroatoms. The van der Waals surface area contributed by atoms with Crippen molar-refractivity contribution in [1.82, 2.24) is 15.1 Å². The number of carbonyl (C=O) groups excluding carboxylic acids is 1. The Kier molecular flexibility index (Phi) is 4.38. The fourth-order valence-corrected chi connectivity index (χ4v) is 4.02. The van der Waals surface area contributed by atoms with E-state index < -0.39 is 0 Å². The van der Waals surface area contributed by atoms with Gasteiger partial charge in [-0.15, -0.1) is 11.3 Å². The zero-order valence-electron chi connectivity index (χ0n) is 12.0. The molecule has 0 radical (unpaired) electrons. The van der Waals surface area contributed by atoms with Crippen molar-refractivity contribution >= 4 is 17.2 Å². The van der Waals surface area contributed by atoms with Gasteiger partial charge in [0, 0.05) is 17.5 Å². The van der Waals surface area contributed by atoms with Crippen molar-refractivity contribution < 1.29 is 4.79 Å². The molecule has 20 heavy (non-hydrogen) atoms. The third kappa shape index (κ3) is 2.90. The van der Waals surface area contributed by atoms with Crippen molar-refractivity contribution in [3.63, 3.8) is 0 Å². The molecular weight excluding hydrogens is 270 g/mol. The Morgan fingerprint density at radius 1 is 1.40 bits per heavy atom. The summed E-state index contributed by atoms with van der Waals surface area (Å²) in [6.07, 6.45) is 4.02. The van der Waals surface area contributed by atoms with Crippen LogP contribution in [0, 0.1) is 0 Å². The number of nitrogens with zero attached hydrogens (tertiary/aromatic N) is 2. The van der Waals surface area contributed by atoms with Gasteiger partial charge < -0.3 is 4.90 Å². The Balaban J connectivity index is 1.66. The van der Waals surface area contributed by atoms with Crippen LogP contribution in [0.15, 0.2) is 17.5 Å². The van der Waals surface area contributed by atoms with E-state index in [9.17, 15) is 4.79 Å². The van der Waals surface area contributed by atoms with Crippen LogP contribution in [0.2, 0.25) is 0 Å². The molecule has 0 aromatic carbocycles. The van der Waals surface area contributed by atoms with Gasteiger partial charge in [-0.2, -0.15) is 0 Å². The summed E-state index contributed by atoms with van der Waals surface area (Å²) < 4.78 is 0. The summed E-state index contributed by atoms with van der Waals surface area (Å²) in [5, 5.41) is 5.41. The van der Waals surface area contributed by atoms with Crippen LogP contribution in [-0.2, 0) is 4.79 Å². The molecule has 1 aromatic rings. The number of carbonyl (C=O) groups is 1. The van der Waals surface area contributed by atoms with Gasteiger partial charge in [0.25, 0.3) is 0 Å². The van der Waals surface area contributed by atoms with Gasteiger partial charge in [0.05, 0.1) is 6.54 Å². The van der Waals surface area contributed by atoms with Gasteiger partial charge in [-0.05, 0) is 44.3 Å². The van der Waals surface area contributed by atoms with Crippen molar-refractivity contribution in [2.45, 2.75) is 38.4 Å². The summed E-state index contributed by atoms with van der Waals surface area (Å²) >= 11 is 1.72. The molecule has 2 fully saturated rings. The van der Waals surface area contributed by atoms with Gasteiger partial charge in [-0.25, -0.2) is 0 Å². The molecule has 0 spiro atoms. The number of hydrogen-bond acceptors (Lipinski definition) is 4. The highest BCUT2D eigenvalue weighted by Gasteiger charge is 2.34. The second-order valence-electron chi connectivity index (χ2n) is 5.79. The maximum absolute atomic E-state index is 12.1. The molecule has 1 N–H and O–H groups in total. The first-order chi connectivity index (χ1) is 9.75. The monoisotopic (exact) mass is 293 g/mol. The molecule has 3 rings (SSSR count). The first-order valence-corrected chi connectivity index (χ1v) is 8.44. The lowest BCUT2D eigenvalue weighted by molar-refractivity contribution is -0.128. The molecular formula is C15H23N3OS. The van der Waals surface area contributed by atoms with Gasteiger partial charge in [-0.3, -0.25) is 15.0 Å². The number of hydrogen-bond donors (Lipinski definition) is 1. The van der Waals surface area contributed by atoms with Gasteiger partial charge in [-0.1, -0.05) is 12.5 Å². The number of nitrogens with one attached hydrogen (secondary N) is 1. The number of piperidine rings is 1. The van der Waals surface area contributed by atoms with Crippen LogP contribution in [0.25, 0.3) is 0 Å². The summed E-state index contributed by atoms with van der Waals surface area (Å²) in [6.45, 7) is 5.91. The molecule has 2 atom stereocenters. The molecule has 3 heterocycles. The van der Waals surface area contributed by atoms with Gasteiger partial charge in [0.15, 0.2) is 0 Å². The van der Waals surface area contributed by atoms with E-state index in [1.54, 1.807) is 11.3 Å². The van der Waals surface area contributed by atoms with Crippen LogP contribution in [0.3, 0.4) is 0 Å². The molecule has 2 aliphatic rings. The summed E-state index contributed by atoms with van der Waals surface area (Å²) in [4.78, 5) is 17.9. The summed E-state index contributed by atoms with van der Waals surface area (Å²) in [5.41, 5.74) is 0. The lowest BCUT2D eigenvalue weighted by Crippen LogP contribution is -2.46. The standard InChI is InChI=1S/C15H23N3OS/c1-12(17-7-3-2-4-8-17)11-18-14(19)10-16-15(18)13-6-5-9-20-13/h5-6,9,12,15-16H,2-4,7-8,10-11H2,1H3. The molecule has 1 aromatic heterocycles. The molecule has 0 aliphatic carbocycles. The predicted molar refractivity (Wildman–Crippen MR) is 81.7 cm³/mol. The quantitative estimate of drug-likeness (QED) is 0.923. The lowest BCUT2D eigenvalue weighted by Gasteiger charge is -2.35. The van der Waals surface area contributed by atoms with Crippen LogP contribution in [0.1, 0.15) is 37.2 Å². The summed E-state index contributed by atoms with van der Waals surface area (Å²) in [5.74, 6) is 0.229. The minimum atomic E-state index is 0.0785. The molecule has 110 valence electrons. The Bertz CT molecular complexity index is 442. The van der Waals surface area contributed by atoms with E-state index >= 15 is 0 Å². The van der Waals surface area contributed by atoms with Crippen LogP contribution in [-0.4, -0.2) is 47.9 Å². The van der Waals surface area contributed by atoms with E-state index in [4.69, 9.17) is 0 Å². The van der Waals surface area contributed by atoms with E-state index in [2.05, 4.69) is 34.7 Å². The summed E-state index contributed by atoms with van der Waals surface area (Å²) in [6, 6.07) is 4.61. The molecule has 2 aliphatic heterocycles. The zero-order valence-corrected chi connectivity index (χ0v) is 12.9. The Morgan fingerprint density at radius 2 is 2.20 bits per heavy atom. The Hall–Kier alpha value is -0.910. The van der Waals surface area contributed by atoms with Crippen LogP contribution >= 0.6 is 11.3 Å². The normalized spacial score (nSPS) is 26.1. The number of thiophene rings is 1. The van der Waals surface area contributed by atoms with Gasteiger partial charge in [0.2, 0.25) is 5.91 Å². The van der Waals surface area contributed by atoms with E-state index in [1.165, 1.54) is 37.2 Å². The highest BCUT2D eigenvalue weighted by molar-refractivity contribution is 7.10. The maximum atomic E-state index is 12.1. The van der Waals surface area contributed by atoms with Crippen molar-refractivity contribution in [2.24, 2.45) is 0 Å². The van der Waals surface area contributed by atoms with Gasteiger partial charge in [0.1, 0.15) is 6.17 Å². The predicted octanol–water partition coefficient (Wildman–Crippen LogP) is 2.05. The molecule has 4 nitrogen and oxygen atoms in total. The number of likely N-dealkylation sites (tertiary alicyclic amines) is 1. The van der Waals surface area contributed by atoms with Crippen LogP contribution in [0.4, 0.5) is 0 Å². The smallest absolute Gasteiger partial charge is 0.238 e. The minimum Gasteiger partial charge on any atom is -0.319 e. The largest absolute Gasteiger partial charge is 0.319 e. The van der Waals surface area contributed by atoms with E-state index in [-0.39, 0.29) is 12.1 Å². The van der Waals surface area contributed by atoms with Crippen molar-refractivity contribution in [3.8, 4) is 0 Å². The van der Waals surface area contributed by atoms with E-state index in [1.807, 2.05) is 4.90 Å². The molecule has 2 unspecified atom stereocenters. The second kappa shape index (κ2) is 6.24. The summed E-state index contributed by atoms with van der Waals surface area (Å²) in [7, 11) is 0. The lowest BCUT2D eigenvalue weighted by atomic mass is 10.1. The fourth-order valence-electron chi connectivity index (χ4n) is 3.21. The molecule has 0 saturated carbocycles. The Labute approximate surface area is 124 Å². The SMILES string of the molecule is CC(CN1C(=O)CNC1c1cccs1)N1CCCCC1. The average molecular weight is 293 g/mol. The minimum absolute atomic E-state index is 0.0785. The highest BCUT2D eigenvalue weighted by Crippen LogP contribution is 2.27. The molecule has 1 amide bonds. The third-order valence-corrected chi connectivity index (χ3v) is 5.29. The first kappa shape index (κ1) is 14.0. The highest BCUT2D eigenvalue weighted by atomic mass is 32.1. The topological polar surface area (TPSA) is 35.6 Å². The van der Waals surface area contributed by atoms with Crippen molar-refractivity contribution in [1.29, 1.82) is 0 Å². The average Bonchev–Trinajstić information content (AvgIpc) is 3.11. The van der Waals surface area contributed by atoms with Crippen LogP contribution < -0.4 is 5.32 Å². The third-order valence-electron chi connectivity index (χ3n) is 4.37. The van der Waals surface area contributed by atoms with E-state index in [0.29, 0.717) is 12.6 Å². The number of amides is 1. The second-order valence-corrected chi connectivity index (χ2v) is 6.77. The maximum Gasteiger partial charge on any atom is 0.238 e. The molecule has 0 bridgehead atoms. The van der Waals surface area contributed by atoms with Crippen molar-refractivity contribution in [3.05, 3.63) is 22.4 Å². The molecule has 2 saturated heterocycles. The van der Waals surface area contributed by atoms with Crippen LogP contribution in [0.5, 0.6) is 0 Å². The number of rotatable bonds is 4. The van der Waals surface area contributed by atoms with Gasteiger partial charge >= 0.3 is 0 Å². The van der Waals surface area contributed by atoms with Crippen molar-refractivity contribution in [2.75, 3.05) is 26.2 Å². The fraction of sp³-hybridized carbons (Fsp3) is 0.667. The Morgan fingerprint density at radius 3 is 2.90 bits per heavy atom. The first-order valence-electron chi connectivity index (χ1n) is 7.56.